The lowest BCUT2D eigenvalue weighted by Gasteiger charge is -2.39. The molecule has 1 aromatic heterocycles. The molecule has 1 saturated carbocycles. The Bertz CT molecular complexity index is 496. The second kappa shape index (κ2) is 6.20. The maximum absolute atomic E-state index is 12.5. The summed E-state index contributed by atoms with van der Waals surface area (Å²) in [6, 6.07) is 1.81. The molecule has 0 aliphatic heterocycles. The van der Waals surface area contributed by atoms with Crippen LogP contribution in [0.15, 0.2) is 6.07 Å². The van der Waals surface area contributed by atoms with Gasteiger partial charge in [0.05, 0.1) is 22.5 Å². The van der Waals surface area contributed by atoms with Gasteiger partial charge in [0.15, 0.2) is 0 Å². The predicted molar refractivity (Wildman–Crippen MR) is 83.1 cm³/mol. The summed E-state index contributed by atoms with van der Waals surface area (Å²) in [6.45, 7) is 5.96. The van der Waals surface area contributed by atoms with E-state index in [2.05, 4.69) is 38.4 Å². The van der Waals surface area contributed by atoms with E-state index in [1.165, 1.54) is 12.8 Å². The summed E-state index contributed by atoms with van der Waals surface area (Å²) in [5, 5.41) is 12.0. The van der Waals surface area contributed by atoms with Gasteiger partial charge >= 0.3 is 0 Å². The average molecular weight is 340 g/mol. The Labute approximate surface area is 128 Å². The highest BCUT2D eigenvalue weighted by Gasteiger charge is 2.35. The van der Waals surface area contributed by atoms with E-state index in [4.69, 9.17) is 0 Å². The van der Waals surface area contributed by atoms with Crippen molar-refractivity contribution in [1.29, 1.82) is 0 Å². The van der Waals surface area contributed by atoms with Crippen molar-refractivity contribution in [1.82, 2.24) is 15.5 Å². The molecule has 2 rings (SSSR count). The topological polar surface area (TPSA) is 54.9 Å². The van der Waals surface area contributed by atoms with Gasteiger partial charge in [-0.2, -0.15) is 10.2 Å². The fraction of sp³-hybridized carbons (Fsp3) is 0.667. The van der Waals surface area contributed by atoms with Crippen LogP contribution in [0.5, 0.6) is 0 Å². The van der Waals surface area contributed by atoms with Gasteiger partial charge in [0.2, 0.25) is 0 Å². The summed E-state index contributed by atoms with van der Waals surface area (Å²) >= 11 is 3.58. The fourth-order valence-electron chi connectivity index (χ4n) is 2.69. The molecular weight excluding hydrogens is 318 g/mol. The molecule has 20 heavy (non-hydrogen) atoms. The number of hydrogen-bond acceptors (Lipinski definition) is 3. The molecule has 0 aromatic carbocycles. The van der Waals surface area contributed by atoms with Crippen LogP contribution in [0.2, 0.25) is 0 Å². The van der Waals surface area contributed by atoms with E-state index in [9.17, 15) is 4.79 Å². The molecule has 1 aliphatic rings. The third kappa shape index (κ3) is 3.37. The van der Waals surface area contributed by atoms with E-state index in [-0.39, 0.29) is 11.4 Å². The standard InChI is InChI=1S/C15H22BrN3O/c1-10-4-6-15(9-16,7-5-10)17-14(20)13-8-11(2)18-19-12(13)3/h8,10H,4-7,9H2,1-3H3,(H,17,20). The number of carbonyl (C=O) groups is 1. The zero-order valence-corrected chi connectivity index (χ0v) is 14.0. The number of aryl methyl sites for hydroxylation is 2. The number of amides is 1. The summed E-state index contributed by atoms with van der Waals surface area (Å²) in [5.41, 5.74) is 1.97. The Morgan fingerprint density at radius 2 is 2.05 bits per heavy atom. The smallest absolute Gasteiger partial charge is 0.253 e. The Balaban J connectivity index is 2.15. The maximum Gasteiger partial charge on any atom is 0.253 e. The van der Waals surface area contributed by atoms with Crippen LogP contribution < -0.4 is 5.32 Å². The first-order valence-electron chi connectivity index (χ1n) is 7.15. The van der Waals surface area contributed by atoms with Crippen molar-refractivity contribution < 1.29 is 4.79 Å². The SMILES string of the molecule is Cc1cc(C(=O)NC2(CBr)CCC(C)CC2)c(C)nn1. The molecular formula is C15H22BrN3O. The first-order chi connectivity index (χ1) is 9.46. The van der Waals surface area contributed by atoms with Crippen LogP contribution >= 0.6 is 15.9 Å². The van der Waals surface area contributed by atoms with Crippen LogP contribution in [-0.4, -0.2) is 27.0 Å². The highest BCUT2D eigenvalue weighted by molar-refractivity contribution is 9.09. The molecule has 1 amide bonds. The lowest BCUT2D eigenvalue weighted by atomic mass is 9.78. The second-order valence-corrected chi connectivity index (χ2v) is 6.60. The minimum Gasteiger partial charge on any atom is -0.346 e. The van der Waals surface area contributed by atoms with Gasteiger partial charge in [-0.15, -0.1) is 0 Å². The van der Waals surface area contributed by atoms with Gasteiger partial charge in [-0.05, 0) is 51.5 Å². The number of nitrogens with zero attached hydrogens (tertiary/aromatic N) is 2. The normalized spacial score (nSPS) is 26.3. The lowest BCUT2D eigenvalue weighted by Crippen LogP contribution is -2.52. The van der Waals surface area contributed by atoms with Crippen molar-refractivity contribution >= 4 is 21.8 Å². The third-order valence-electron chi connectivity index (χ3n) is 4.21. The molecule has 1 N–H and O–H groups in total. The number of aromatic nitrogens is 2. The highest BCUT2D eigenvalue weighted by atomic mass is 79.9. The van der Waals surface area contributed by atoms with Crippen molar-refractivity contribution in [3.8, 4) is 0 Å². The molecule has 0 unspecified atom stereocenters. The molecule has 1 aliphatic carbocycles. The van der Waals surface area contributed by atoms with Crippen molar-refractivity contribution in [2.45, 2.75) is 52.0 Å². The first kappa shape index (κ1) is 15.4. The first-order valence-corrected chi connectivity index (χ1v) is 8.27. The van der Waals surface area contributed by atoms with Crippen molar-refractivity contribution in [3.63, 3.8) is 0 Å². The van der Waals surface area contributed by atoms with E-state index >= 15 is 0 Å². The quantitative estimate of drug-likeness (QED) is 0.860. The molecule has 0 bridgehead atoms. The number of nitrogens with one attached hydrogen (secondary N) is 1. The minimum atomic E-state index is -0.118. The average Bonchev–Trinajstić information content (AvgIpc) is 2.44. The number of halogens is 1. The molecule has 1 aromatic rings. The van der Waals surface area contributed by atoms with Crippen LogP contribution in [-0.2, 0) is 0 Å². The molecule has 5 heteroatoms. The molecule has 0 saturated heterocycles. The van der Waals surface area contributed by atoms with Crippen molar-refractivity contribution in [3.05, 3.63) is 23.0 Å². The summed E-state index contributed by atoms with van der Waals surface area (Å²) in [7, 11) is 0. The van der Waals surface area contributed by atoms with Crippen LogP contribution in [0.1, 0.15) is 54.4 Å². The second-order valence-electron chi connectivity index (χ2n) is 6.04. The van der Waals surface area contributed by atoms with Crippen LogP contribution in [0.3, 0.4) is 0 Å². The Hall–Kier alpha value is -0.970. The van der Waals surface area contributed by atoms with Crippen LogP contribution in [0, 0.1) is 19.8 Å². The van der Waals surface area contributed by atoms with E-state index in [0.29, 0.717) is 11.3 Å². The van der Waals surface area contributed by atoms with Crippen LogP contribution in [0.4, 0.5) is 0 Å². The van der Waals surface area contributed by atoms with Gasteiger partial charge in [-0.1, -0.05) is 22.9 Å². The molecule has 0 atom stereocenters. The van der Waals surface area contributed by atoms with Crippen molar-refractivity contribution in [2.24, 2.45) is 5.92 Å². The molecule has 110 valence electrons. The lowest BCUT2D eigenvalue weighted by molar-refractivity contribution is 0.0873. The van der Waals surface area contributed by atoms with Gasteiger partial charge < -0.3 is 5.32 Å². The van der Waals surface area contributed by atoms with E-state index in [1.54, 1.807) is 0 Å². The van der Waals surface area contributed by atoms with Gasteiger partial charge in [-0.3, -0.25) is 4.79 Å². The highest BCUT2D eigenvalue weighted by Crippen LogP contribution is 2.33. The Morgan fingerprint density at radius 1 is 1.40 bits per heavy atom. The largest absolute Gasteiger partial charge is 0.346 e. The number of hydrogen-bond donors (Lipinski definition) is 1. The third-order valence-corrected chi connectivity index (χ3v) is 5.28. The summed E-state index contributed by atoms with van der Waals surface area (Å²) < 4.78 is 0. The summed E-state index contributed by atoms with van der Waals surface area (Å²) in [6.07, 6.45) is 4.39. The minimum absolute atomic E-state index is 0.0329. The van der Waals surface area contributed by atoms with E-state index < -0.39 is 0 Å². The number of carbonyl (C=O) groups excluding carboxylic acids is 1. The summed E-state index contributed by atoms with van der Waals surface area (Å²) in [4.78, 5) is 12.5. The van der Waals surface area contributed by atoms with Gasteiger partial charge in [0, 0.05) is 5.33 Å². The van der Waals surface area contributed by atoms with Gasteiger partial charge in [0.25, 0.3) is 5.91 Å². The monoisotopic (exact) mass is 339 g/mol. The fourth-order valence-corrected chi connectivity index (χ4v) is 3.40. The number of rotatable bonds is 3. The molecule has 1 heterocycles. The Kier molecular flexibility index (Phi) is 4.78. The maximum atomic E-state index is 12.5. The molecule has 0 radical (unpaired) electrons. The number of alkyl halides is 1. The van der Waals surface area contributed by atoms with E-state index in [1.807, 2.05) is 19.9 Å². The molecule has 4 nitrogen and oxygen atoms in total. The van der Waals surface area contributed by atoms with Crippen LogP contribution in [0.25, 0.3) is 0 Å². The predicted octanol–water partition coefficient (Wildman–Crippen LogP) is 3.17. The van der Waals surface area contributed by atoms with Gasteiger partial charge in [-0.25, -0.2) is 0 Å². The Morgan fingerprint density at radius 3 is 2.65 bits per heavy atom. The zero-order valence-electron chi connectivity index (χ0n) is 12.4. The van der Waals surface area contributed by atoms with E-state index in [0.717, 1.165) is 29.8 Å². The summed E-state index contributed by atoms with van der Waals surface area (Å²) in [5.74, 6) is 0.722. The van der Waals surface area contributed by atoms with Gasteiger partial charge in [0.1, 0.15) is 0 Å². The zero-order chi connectivity index (χ0) is 14.8. The molecule has 0 spiro atoms. The molecule has 1 fully saturated rings. The van der Waals surface area contributed by atoms with Crippen molar-refractivity contribution in [2.75, 3.05) is 5.33 Å².